The zero-order valence-electron chi connectivity index (χ0n) is 7.69. The van der Waals surface area contributed by atoms with Crippen molar-refractivity contribution in [3.63, 3.8) is 0 Å². The van der Waals surface area contributed by atoms with Gasteiger partial charge in [-0.15, -0.1) is 0 Å². The molecule has 13 heavy (non-hydrogen) atoms. The molecule has 0 aliphatic carbocycles. The van der Waals surface area contributed by atoms with Gasteiger partial charge in [-0.25, -0.2) is 9.97 Å². The van der Waals surface area contributed by atoms with Crippen LogP contribution in [0.1, 0.15) is 6.92 Å². The number of methoxy groups -OCH3 is 1. The van der Waals surface area contributed by atoms with Crippen molar-refractivity contribution in [2.75, 3.05) is 19.0 Å². The Morgan fingerprint density at radius 3 is 3.00 bits per heavy atom. The number of ether oxygens (including phenoxy) is 1. The van der Waals surface area contributed by atoms with Gasteiger partial charge in [-0.05, 0) is 6.92 Å². The van der Waals surface area contributed by atoms with E-state index in [-0.39, 0.29) is 12.6 Å². The quantitative estimate of drug-likeness (QED) is 0.701. The number of hydrogen-bond donors (Lipinski definition) is 2. The Hall–Kier alpha value is -1.36. The van der Waals surface area contributed by atoms with Gasteiger partial charge in [-0.2, -0.15) is 0 Å². The molecule has 0 fully saturated rings. The highest BCUT2D eigenvalue weighted by Crippen LogP contribution is 2.10. The summed E-state index contributed by atoms with van der Waals surface area (Å²) in [5.74, 6) is 1.15. The second kappa shape index (κ2) is 4.61. The highest BCUT2D eigenvalue weighted by molar-refractivity contribution is 5.37. The van der Waals surface area contributed by atoms with Gasteiger partial charge in [-0.1, -0.05) is 0 Å². The van der Waals surface area contributed by atoms with E-state index in [9.17, 15) is 0 Å². The van der Waals surface area contributed by atoms with Crippen molar-refractivity contribution < 1.29 is 9.84 Å². The van der Waals surface area contributed by atoms with E-state index in [4.69, 9.17) is 9.84 Å². The fourth-order valence-corrected chi connectivity index (χ4v) is 0.828. The normalized spacial score (nSPS) is 12.2. The standard InChI is InChI=1S/C8H13N3O2/c1-6(4-12)11-7-3-8(13-2)10-5-9-7/h3,5-6,12H,4H2,1-2H3,(H,9,10,11). The van der Waals surface area contributed by atoms with Gasteiger partial charge in [0.1, 0.15) is 12.1 Å². The molecule has 2 N–H and O–H groups in total. The first-order valence-corrected chi connectivity index (χ1v) is 3.99. The molecule has 1 atom stereocenters. The number of hydrogen-bond acceptors (Lipinski definition) is 5. The van der Waals surface area contributed by atoms with Gasteiger partial charge < -0.3 is 15.2 Å². The Morgan fingerprint density at radius 2 is 2.38 bits per heavy atom. The number of anilines is 1. The predicted octanol–water partition coefficient (Wildman–Crippen LogP) is 0.278. The third-order valence-corrected chi connectivity index (χ3v) is 1.52. The SMILES string of the molecule is COc1cc(NC(C)CO)ncn1. The molecule has 5 nitrogen and oxygen atoms in total. The molecule has 0 saturated heterocycles. The van der Waals surface area contributed by atoms with Crippen LogP contribution in [-0.2, 0) is 0 Å². The van der Waals surface area contributed by atoms with Gasteiger partial charge in [0.25, 0.3) is 0 Å². The topological polar surface area (TPSA) is 67.3 Å². The molecule has 0 radical (unpaired) electrons. The van der Waals surface area contributed by atoms with E-state index in [0.717, 1.165) is 0 Å². The lowest BCUT2D eigenvalue weighted by Crippen LogP contribution is -2.20. The molecule has 0 amide bonds. The van der Waals surface area contributed by atoms with E-state index in [0.29, 0.717) is 11.7 Å². The Labute approximate surface area is 76.8 Å². The molecule has 0 aliphatic rings. The molecule has 0 spiro atoms. The molecule has 1 heterocycles. The lowest BCUT2D eigenvalue weighted by atomic mass is 10.3. The molecule has 0 bridgehead atoms. The van der Waals surface area contributed by atoms with Crippen LogP contribution >= 0.6 is 0 Å². The highest BCUT2D eigenvalue weighted by Gasteiger charge is 2.01. The number of nitrogens with one attached hydrogen (secondary N) is 1. The van der Waals surface area contributed by atoms with E-state index in [1.54, 1.807) is 13.2 Å². The van der Waals surface area contributed by atoms with Gasteiger partial charge in [0.05, 0.1) is 13.7 Å². The average Bonchev–Trinajstić information content (AvgIpc) is 2.18. The number of aliphatic hydroxyl groups excluding tert-OH is 1. The first-order chi connectivity index (χ1) is 6.26. The van der Waals surface area contributed by atoms with Gasteiger partial charge in [-0.3, -0.25) is 0 Å². The van der Waals surface area contributed by atoms with Crippen molar-refractivity contribution in [3.8, 4) is 5.88 Å². The Balaban J connectivity index is 2.66. The van der Waals surface area contributed by atoms with Crippen LogP contribution in [0, 0.1) is 0 Å². The number of aromatic nitrogens is 2. The van der Waals surface area contributed by atoms with E-state index in [2.05, 4.69) is 15.3 Å². The van der Waals surface area contributed by atoms with Crippen LogP contribution in [-0.4, -0.2) is 34.8 Å². The van der Waals surface area contributed by atoms with Gasteiger partial charge >= 0.3 is 0 Å². The fourth-order valence-electron chi connectivity index (χ4n) is 0.828. The second-order valence-corrected chi connectivity index (χ2v) is 2.67. The van der Waals surface area contributed by atoms with Gasteiger partial charge in [0, 0.05) is 12.1 Å². The average molecular weight is 183 g/mol. The summed E-state index contributed by atoms with van der Waals surface area (Å²) in [6, 6.07) is 1.64. The highest BCUT2D eigenvalue weighted by atomic mass is 16.5. The molecular formula is C8H13N3O2. The fraction of sp³-hybridized carbons (Fsp3) is 0.500. The zero-order valence-corrected chi connectivity index (χ0v) is 7.69. The Morgan fingerprint density at radius 1 is 1.62 bits per heavy atom. The van der Waals surface area contributed by atoms with Crippen LogP contribution in [0.15, 0.2) is 12.4 Å². The summed E-state index contributed by atoms with van der Waals surface area (Å²) in [6.45, 7) is 1.92. The summed E-state index contributed by atoms with van der Waals surface area (Å²) >= 11 is 0. The molecule has 0 aromatic carbocycles. The first-order valence-electron chi connectivity index (χ1n) is 3.99. The number of aliphatic hydroxyl groups is 1. The van der Waals surface area contributed by atoms with Crippen LogP contribution in [0.2, 0.25) is 0 Å². The van der Waals surface area contributed by atoms with Crippen molar-refractivity contribution in [1.82, 2.24) is 9.97 Å². The maximum absolute atomic E-state index is 8.79. The molecule has 1 unspecified atom stereocenters. The lowest BCUT2D eigenvalue weighted by Gasteiger charge is -2.11. The zero-order chi connectivity index (χ0) is 9.68. The van der Waals surface area contributed by atoms with Crippen LogP contribution in [0.3, 0.4) is 0 Å². The minimum atomic E-state index is -0.0281. The molecule has 0 aliphatic heterocycles. The van der Waals surface area contributed by atoms with Crippen molar-refractivity contribution in [1.29, 1.82) is 0 Å². The first kappa shape index (κ1) is 9.73. The monoisotopic (exact) mass is 183 g/mol. The number of nitrogens with zero attached hydrogens (tertiary/aromatic N) is 2. The molecule has 1 rings (SSSR count). The van der Waals surface area contributed by atoms with Crippen LogP contribution in [0.5, 0.6) is 5.88 Å². The van der Waals surface area contributed by atoms with E-state index >= 15 is 0 Å². The van der Waals surface area contributed by atoms with Crippen molar-refractivity contribution in [2.24, 2.45) is 0 Å². The summed E-state index contributed by atoms with van der Waals surface area (Å²) < 4.78 is 4.92. The maximum atomic E-state index is 8.79. The smallest absolute Gasteiger partial charge is 0.218 e. The molecular weight excluding hydrogens is 170 g/mol. The third-order valence-electron chi connectivity index (χ3n) is 1.52. The maximum Gasteiger partial charge on any atom is 0.218 e. The van der Waals surface area contributed by atoms with Crippen LogP contribution in [0.25, 0.3) is 0 Å². The summed E-state index contributed by atoms with van der Waals surface area (Å²) in [5.41, 5.74) is 0. The molecule has 5 heteroatoms. The largest absolute Gasteiger partial charge is 0.481 e. The Kier molecular flexibility index (Phi) is 3.45. The van der Waals surface area contributed by atoms with E-state index in [1.165, 1.54) is 6.33 Å². The Bertz CT molecular complexity index is 267. The van der Waals surface area contributed by atoms with Crippen molar-refractivity contribution in [3.05, 3.63) is 12.4 Å². The molecule has 1 aromatic heterocycles. The molecule has 72 valence electrons. The summed E-state index contributed by atoms with van der Waals surface area (Å²) in [4.78, 5) is 7.82. The third kappa shape index (κ3) is 2.87. The van der Waals surface area contributed by atoms with E-state index in [1.807, 2.05) is 6.92 Å². The van der Waals surface area contributed by atoms with Gasteiger partial charge in [0.2, 0.25) is 5.88 Å². The molecule has 0 saturated carbocycles. The summed E-state index contributed by atoms with van der Waals surface area (Å²) in [5, 5.41) is 11.8. The predicted molar refractivity (Wildman–Crippen MR) is 48.8 cm³/mol. The van der Waals surface area contributed by atoms with Crippen molar-refractivity contribution in [2.45, 2.75) is 13.0 Å². The molecule has 1 aromatic rings. The van der Waals surface area contributed by atoms with Crippen molar-refractivity contribution >= 4 is 5.82 Å². The lowest BCUT2D eigenvalue weighted by molar-refractivity contribution is 0.281. The van der Waals surface area contributed by atoms with E-state index < -0.39 is 0 Å². The second-order valence-electron chi connectivity index (χ2n) is 2.67. The van der Waals surface area contributed by atoms with Gasteiger partial charge in [0.15, 0.2) is 0 Å². The van der Waals surface area contributed by atoms with Crippen LogP contribution < -0.4 is 10.1 Å². The van der Waals surface area contributed by atoms with Crippen LogP contribution in [0.4, 0.5) is 5.82 Å². The summed E-state index contributed by atoms with van der Waals surface area (Å²) in [7, 11) is 1.54. The summed E-state index contributed by atoms with van der Waals surface area (Å²) in [6.07, 6.45) is 1.41. The minimum absolute atomic E-state index is 0.0281. The number of rotatable bonds is 4. The minimum Gasteiger partial charge on any atom is -0.481 e.